The molecular weight excluding hydrogens is 328 g/mol. The Morgan fingerprint density at radius 1 is 0.773 bits per heavy atom. The van der Waals surface area contributed by atoms with E-state index >= 15 is 0 Å². The molecule has 0 aliphatic heterocycles. The number of aryl methyl sites for hydroxylation is 2. The summed E-state index contributed by atoms with van der Waals surface area (Å²) in [5.41, 5.74) is 1.36. The van der Waals surface area contributed by atoms with E-state index in [0.717, 1.165) is 0 Å². The third kappa shape index (κ3) is 3.36. The molecule has 0 unspecified atom stereocenters. The summed E-state index contributed by atoms with van der Waals surface area (Å²) < 4.78 is 64.3. The second-order valence-electron chi connectivity index (χ2n) is 4.93. The van der Waals surface area contributed by atoms with Gasteiger partial charge in [-0.15, -0.1) is 0 Å². The van der Waals surface area contributed by atoms with Gasteiger partial charge in [0.1, 0.15) is 4.90 Å². The van der Waals surface area contributed by atoms with Crippen LogP contribution in [0.2, 0.25) is 0 Å². The molecule has 0 aliphatic rings. The van der Waals surface area contributed by atoms with Crippen LogP contribution in [-0.2, 0) is 20.2 Å². The molecule has 0 amide bonds. The Hall–Kier alpha value is -1.74. The lowest BCUT2D eigenvalue weighted by molar-refractivity contribution is 0.481. The molecule has 0 aliphatic carbocycles. The number of hydrogen-bond acceptors (Lipinski definition) is 4. The first-order valence-electron chi connectivity index (χ1n) is 6.17. The van der Waals surface area contributed by atoms with Crippen LogP contribution in [0.3, 0.4) is 0 Å². The Morgan fingerprint density at radius 3 is 1.91 bits per heavy atom. The third-order valence-electron chi connectivity index (χ3n) is 3.19. The van der Waals surface area contributed by atoms with Crippen LogP contribution in [0.15, 0.2) is 46.2 Å². The Labute approximate surface area is 128 Å². The zero-order chi connectivity index (χ0) is 16.7. The van der Waals surface area contributed by atoms with Crippen LogP contribution in [0.25, 0.3) is 11.1 Å². The molecule has 0 saturated heterocycles. The van der Waals surface area contributed by atoms with Gasteiger partial charge in [-0.05, 0) is 42.7 Å². The third-order valence-corrected chi connectivity index (χ3v) is 5.08. The summed E-state index contributed by atoms with van der Waals surface area (Å²) in [6.45, 7) is 3.17. The molecule has 2 rings (SSSR count). The van der Waals surface area contributed by atoms with Crippen molar-refractivity contribution >= 4 is 20.2 Å². The van der Waals surface area contributed by atoms with Crippen LogP contribution in [0, 0.1) is 13.8 Å². The van der Waals surface area contributed by atoms with Gasteiger partial charge in [0, 0.05) is 5.56 Å². The molecule has 8 heteroatoms. The van der Waals surface area contributed by atoms with Crippen molar-refractivity contribution in [1.82, 2.24) is 0 Å². The van der Waals surface area contributed by atoms with Crippen molar-refractivity contribution in [3.63, 3.8) is 0 Å². The van der Waals surface area contributed by atoms with Crippen LogP contribution in [0.1, 0.15) is 11.1 Å². The van der Waals surface area contributed by atoms with E-state index < -0.39 is 20.2 Å². The maximum absolute atomic E-state index is 11.5. The molecule has 22 heavy (non-hydrogen) atoms. The summed E-state index contributed by atoms with van der Waals surface area (Å²) >= 11 is 0. The summed E-state index contributed by atoms with van der Waals surface area (Å²) in [7, 11) is -8.91. The zero-order valence-electron chi connectivity index (χ0n) is 11.8. The summed E-state index contributed by atoms with van der Waals surface area (Å²) in [6.07, 6.45) is 0. The van der Waals surface area contributed by atoms with Gasteiger partial charge >= 0.3 is 0 Å². The molecule has 0 aromatic heterocycles. The fourth-order valence-corrected chi connectivity index (χ4v) is 3.68. The Kier molecular flexibility index (Phi) is 4.14. The first-order chi connectivity index (χ1) is 10.00. The van der Waals surface area contributed by atoms with Crippen molar-refractivity contribution in [3.8, 4) is 11.1 Å². The van der Waals surface area contributed by atoms with Gasteiger partial charge in [-0.25, -0.2) is 0 Å². The number of rotatable bonds is 3. The highest BCUT2D eigenvalue weighted by molar-refractivity contribution is 7.86. The molecule has 0 heterocycles. The average molecular weight is 342 g/mol. The van der Waals surface area contributed by atoms with E-state index in [-0.39, 0.29) is 20.9 Å². The summed E-state index contributed by atoms with van der Waals surface area (Å²) in [4.78, 5) is -0.635. The molecule has 0 fully saturated rings. The van der Waals surface area contributed by atoms with Crippen molar-refractivity contribution in [2.24, 2.45) is 0 Å². The molecule has 0 spiro atoms. The van der Waals surface area contributed by atoms with Crippen molar-refractivity contribution in [3.05, 3.63) is 47.5 Å². The molecule has 0 saturated carbocycles. The predicted octanol–water partition coefficient (Wildman–Crippen LogP) is 2.46. The molecule has 0 radical (unpaired) electrons. The van der Waals surface area contributed by atoms with Gasteiger partial charge in [-0.3, -0.25) is 9.11 Å². The van der Waals surface area contributed by atoms with Gasteiger partial charge in [0.15, 0.2) is 0 Å². The lowest BCUT2D eigenvalue weighted by Crippen LogP contribution is -2.04. The quantitative estimate of drug-likeness (QED) is 0.829. The zero-order valence-corrected chi connectivity index (χ0v) is 13.4. The fraction of sp³-hybridized carbons (Fsp3) is 0.143. The molecule has 2 aromatic carbocycles. The summed E-state index contributed by atoms with van der Waals surface area (Å²) in [6, 6.07) is 8.53. The highest BCUT2D eigenvalue weighted by atomic mass is 32.2. The molecule has 6 nitrogen and oxygen atoms in total. The van der Waals surface area contributed by atoms with Crippen LogP contribution in [-0.4, -0.2) is 25.9 Å². The SMILES string of the molecule is Cc1ccc(-c2ccc(C)c(S(=O)(=O)O)c2)c(S(=O)(=O)O)c1. The van der Waals surface area contributed by atoms with E-state index in [1.165, 1.54) is 37.3 Å². The Bertz CT molecular complexity index is 943. The number of hydrogen-bond donors (Lipinski definition) is 2. The Balaban J connectivity index is 2.79. The lowest BCUT2D eigenvalue weighted by Gasteiger charge is -2.11. The van der Waals surface area contributed by atoms with E-state index in [9.17, 15) is 25.9 Å². The van der Waals surface area contributed by atoms with E-state index in [2.05, 4.69) is 0 Å². The van der Waals surface area contributed by atoms with Gasteiger partial charge in [-0.2, -0.15) is 16.8 Å². The van der Waals surface area contributed by atoms with E-state index in [1.54, 1.807) is 13.0 Å². The highest BCUT2D eigenvalue weighted by Crippen LogP contribution is 2.30. The minimum Gasteiger partial charge on any atom is -0.282 e. The van der Waals surface area contributed by atoms with Gasteiger partial charge in [0.25, 0.3) is 20.2 Å². The smallest absolute Gasteiger partial charge is 0.282 e. The molecular formula is C14H14O6S2. The van der Waals surface area contributed by atoms with Crippen molar-refractivity contribution in [2.75, 3.05) is 0 Å². The highest BCUT2D eigenvalue weighted by Gasteiger charge is 2.19. The van der Waals surface area contributed by atoms with E-state index in [1.807, 2.05) is 0 Å². The maximum atomic E-state index is 11.5. The Morgan fingerprint density at radius 2 is 1.36 bits per heavy atom. The minimum absolute atomic E-state index is 0.151. The van der Waals surface area contributed by atoms with Crippen molar-refractivity contribution in [1.29, 1.82) is 0 Å². The standard InChI is InChI=1S/C14H14O6S2/c1-9-3-6-12(14(7-9)22(18,19)20)11-5-4-10(2)13(8-11)21(15,16)17/h3-8H,1-2H3,(H,15,16,17)(H,18,19,20). The average Bonchev–Trinajstić information content (AvgIpc) is 2.37. The number of benzene rings is 2. The first-order valence-corrected chi connectivity index (χ1v) is 9.05. The van der Waals surface area contributed by atoms with Gasteiger partial charge in [-0.1, -0.05) is 24.3 Å². The van der Waals surface area contributed by atoms with Crippen molar-refractivity contribution < 1.29 is 25.9 Å². The lowest BCUT2D eigenvalue weighted by atomic mass is 10.0. The molecule has 0 atom stereocenters. The van der Waals surface area contributed by atoms with Crippen LogP contribution in [0.5, 0.6) is 0 Å². The van der Waals surface area contributed by atoms with Crippen LogP contribution >= 0.6 is 0 Å². The van der Waals surface area contributed by atoms with Crippen LogP contribution in [0.4, 0.5) is 0 Å². The van der Waals surface area contributed by atoms with Gasteiger partial charge in [0.05, 0.1) is 4.90 Å². The van der Waals surface area contributed by atoms with E-state index in [4.69, 9.17) is 0 Å². The molecule has 118 valence electrons. The maximum Gasteiger partial charge on any atom is 0.295 e. The fourth-order valence-electron chi connectivity index (χ4n) is 2.13. The van der Waals surface area contributed by atoms with Gasteiger partial charge in [0.2, 0.25) is 0 Å². The second kappa shape index (κ2) is 5.47. The predicted molar refractivity (Wildman–Crippen MR) is 81.0 cm³/mol. The van der Waals surface area contributed by atoms with E-state index in [0.29, 0.717) is 11.1 Å². The minimum atomic E-state index is -4.47. The molecule has 0 bridgehead atoms. The second-order valence-corrected chi connectivity index (χ2v) is 7.71. The topological polar surface area (TPSA) is 109 Å². The largest absolute Gasteiger partial charge is 0.295 e. The van der Waals surface area contributed by atoms with Crippen LogP contribution < -0.4 is 0 Å². The normalized spacial score (nSPS) is 12.4. The first kappa shape index (κ1) is 16.6. The summed E-state index contributed by atoms with van der Waals surface area (Å²) in [5.74, 6) is 0. The van der Waals surface area contributed by atoms with Crippen molar-refractivity contribution in [2.45, 2.75) is 23.6 Å². The molecule has 2 N–H and O–H groups in total. The summed E-state index contributed by atoms with van der Waals surface area (Å²) in [5, 5.41) is 0. The molecule has 2 aromatic rings. The van der Waals surface area contributed by atoms with Gasteiger partial charge < -0.3 is 0 Å². The monoisotopic (exact) mass is 342 g/mol.